The first kappa shape index (κ1) is 20.5. The van der Waals surface area contributed by atoms with E-state index >= 15 is 0 Å². The average Bonchev–Trinajstić information content (AvgIpc) is 3.15. The first-order chi connectivity index (χ1) is 13.0. The van der Waals surface area contributed by atoms with E-state index in [2.05, 4.69) is 43.4 Å². The lowest BCUT2D eigenvalue weighted by molar-refractivity contribution is -0.337. The van der Waals surface area contributed by atoms with Gasteiger partial charge in [0.25, 0.3) is 0 Å². The Bertz CT molecular complexity index is 689. The van der Waals surface area contributed by atoms with Gasteiger partial charge in [-0.2, -0.15) is 0 Å². The fourth-order valence-corrected chi connectivity index (χ4v) is 7.55. The van der Waals surface area contributed by atoms with Crippen molar-refractivity contribution in [2.24, 2.45) is 0 Å². The Morgan fingerprint density at radius 2 is 1.57 bits per heavy atom. The van der Waals surface area contributed by atoms with Crippen molar-refractivity contribution in [1.29, 1.82) is 0 Å². The molecular formula is C22H34O5Si. The molecule has 0 spiro atoms. The lowest BCUT2D eigenvalue weighted by Gasteiger charge is -2.44. The number of ether oxygens (including phenoxy) is 5. The second-order valence-corrected chi connectivity index (χ2v) is 14.7. The van der Waals surface area contributed by atoms with Gasteiger partial charge in [-0.1, -0.05) is 48.6 Å². The van der Waals surface area contributed by atoms with Crippen molar-refractivity contribution in [3.63, 3.8) is 0 Å². The molecule has 0 N–H and O–H groups in total. The molecule has 156 valence electrons. The Morgan fingerprint density at radius 1 is 0.893 bits per heavy atom. The summed E-state index contributed by atoms with van der Waals surface area (Å²) in [5.41, 5.74) is 0. The van der Waals surface area contributed by atoms with Crippen molar-refractivity contribution in [3.05, 3.63) is 30.3 Å². The van der Waals surface area contributed by atoms with Crippen LogP contribution in [0.25, 0.3) is 0 Å². The maximum absolute atomic E-state index is 6.56. The predicted octanol–water partition coefficient (Wildman–Crippen LogP) is 3.43. The molecule has 0 radical (unpaired) electrons. The molecule has 0 aromatic heterocycles. The first-order valence-corrected chi connectivity index (χ1v) is 13.6. The van der Waals surface area contributed by atoms with Crippen molar-refractivity contribution < 1.29 is 23.7 Å². The molecular weight excluding hydrogens is 372 g/mol. The van der Waals surface area contributed by atoms with E-state index in [4.69, 9.17) is 23.7 Å². The van der Waals surface area contributed by atoms with Crippen LogP contribution in [0.4, 0.5) is 0 Å². The number of rotatable bonds is 4. The standard InChI is InChI=1S/C22H34O5Si/c1-21(2)23-13-18(26-21)20-19-17(25-22(3,4)27-20)12-15(24-19)14-28(5,6)16-10-8-7-9-11-16/h7-11,15,17-20H,12-14H2,1-6H3/t15-,17-,18-,19+,20-/m1/s1. The summed E-state index contributed by atoms with van der Waals surface area (Å²) in [5.74, 6) is -1.22. The number of hydrogen-bond donors (Lipinski definition) is 0. The predicted molar refractivity (Wildman–Crippen MR) is 110 cm³/mol. The van der Waals surface area contributed by atoms with Gasteiger partial charge in [-0.25, -0.2) is 0 Å². The van der Waals surface area contributed by atoms with Crippen LogP contribution >= 0.6 is 0 Å². The molecule has 3 saturated heterocycles. The van der Waals surface area contributed by atoms with E-state index in [-0.39, 0.29) is 30.5 Å². The molecule has 28 heavy (non-hydrogen) atoms. The molecule has 3 aliphatic rings. The van der Waals surface area contributed by atoms with Gasteiger partial charge in [-0.3, -0.25) is 0 Å². The molecule has 0 saturated carbocycles. The van der Waals surface area contributed by atoms with Gasteiger partial charge in [0.15, 0.2) is 11.6 Å². The van der Waals surface area contributed by atoms with Gasteiger partial charge < -0.3 is 23.7 Å². The minimum atomic E-state index is -1.60. The highest BCUT2D eigenvalue weighted by Crippen LogP contribution is 2.42. The molecule has 1 aromatic carbocycles. The maximum Gasteiger partial charge on any atom is 0.163 e. The van der Waals surface area contributed by atoms with E-state index in [0.29, 0.717) is 6.61 Å². The monoisotopic (exact) mass is 406 g/mol. The zero-order valence-electron chi connectivity index (χ0n) is 17.9. The van der Waals surface area contributed by atoms with Crippen LogP contribution in [-0.2, 0) is 23.7 Å². The summed E-state index contributed by atoms with van der Waals surface area (Å²) in [6.45, 7) is 13.2. The van der Waals surface area contributed by atoms with Gasteiger partial charge in [0, 0.05) is 6.42 Å². The zero-order chi connectivity index (χ0) is 20.2. The van der Waals surface area contributed by atoms with Gasteiger partial charge in [-0.15, -0.1) is 0 Å². The topological polar surface area (TPSA) is 46.2 Å². The molecule has 1 aromatic rings. The zero-order valence-corrected chi connectivity index (χ0v) is 18.9. The second kappa shape index (κ2) is 7.18. The average molecular weight is 407 g/mol. The van der Waals surface area contributed by atoms with Crippen LogP contribution in [0.5, 0.6) is 0 Å². The summed E-state index contributed by atoms with van der Waals surface area (Å²) in [6, 6.07) is 11.9. The Hall–Kier alpha value is -0.763. The molecule has 0 unspecified atom stereocenters. The molecule has 3 fully saturated rings. The Kier molecular flexibility index (Phi) is 5.26. The summed E-state index contributed by atoms with van der Waals surface area (Å²) in [5, 5.41) is 1.47. The van der Waals surface area contributed by atoms with Gasteiger partial charge in [0.2, 0.25) is 0 Å². The van der Waals surface area contributed by atoms with E-state index in [1.54, 1.807) is 0 Å². The van der Waals surface area contributed by atoms with Crippen LogP contribution in [0.2, 0.25) is 19.1 Å². The van der Waals surface area contributed by atoms with E-state index in [1.165, 1.54) is 5.19 Å². The molecule has 0 amide bonds. The number of fused-ring (bicyclic) bond motifs is 1. The van der Waals surface area contributed by atoms with Crippen LogP contribution in [0.1, 0.15) is 34.1 Å². The van der Waals surface area contributed by atoms with Gasteiger partial charge >= 0.3 is 0 Å². The van der Waals surface area contributed by atoms with Crippen LogP contribution in [0.15, 0.2) is 30.3 Å². The first-order valence-electron chi connectivity index (χ1n) is 10.4. The minimum absolute atomic E-state index is 0.0339. The highest BCUT2D eigenvalue weighted by molar-refractivity contribution is 6.89. The number of hydrogen-bond acceptors (Lipinski definition) is 5. The maximum atomic E-state index is 6.56. The third-order valence-corrected chi connectivity index (χ3v) is 9.45. The van der Waals surface area contributed by atoms with Crippen LogP contribution < -0.4 is 5.19 Å². The van der Waals surface area contributed by atoms with E-state index in [1.807, 2.05) is 27.7 Å². The SMILES string of the molecule is CC1(C)O[C@H]([C@H]2COC(C)(C)O2)[C@H]2O[C@@H](C[Si](C)(C)c3ccccc3)C[C@H]2O1. The van der Waals surface area contributed by atoms with Gasteiger partial charge in [0.1, 0.15) is 18.3 Å². The summed E-state index contributed by atoms with van der Waals surface area (Å²) in [4.78, 5) is 0. The summed E-state index contributed by atoms with van der Waals surface area (Å²) in [6.07, 6.45) is 0.708. The Labute approximate surface area is 169 Å². The lowest BCUT2D eigenvalue weighted by Crippen LogP contribution is -2.57. The van der Waals surface area contributed by atoms with Crippen molar-refractivity contribution in [2.75, 3.05) is 6.61 Å². The Morgan fingerprint density at radius 3 is 2.21 bits per heavy atom. The fourth-order valence-electron chi connectivity index (χ4n) is 4.82. The van der Waals surface area contributed by atoms with Crippen molar-refractivity contribution in [2.45, 2.75) is 95.3 Å². The fraction of sp³-hybridized carbons (Fsp3) is 0.727. The molecule has 6 heteroatoms. The quantitative estimate of drug-likeness (QED) is 0.717. The summed E-state index contributed by atoms with van der Waals surface area (Å²) in [7, 11) is -1.60. The van der Waals surface area contributed by atoms with Gasteiger partial charge in [0.05, 0.1) is 26.9 Å². The summed E-state index contributed by atoms with van der Waals surface area (Å²) < 4.78 is 31.0. The summed E-state index contributed by atoms with van der Waals surface area (Å²) >= 11 is 0. The molecule has 0 aliphatic carbocycles. The van der Waals surface area contributed by atoms with Crippen LogP contribution in [0.3, 0.4) is 0 Å². The molecule has 5 nitrogen and oxygen atoms in total. The second-order valence-electron chi connectivity index (χ2n) is 9.92. The van der Waals surface area contributed by atoms with E-state index in [0.717, 1.165) is 12.5 Å². The van der Waals surface area contributed by atoms with E-state index < -0.39 is 19.6 Å². The third kappa shape index (κ3) is 4.22. The van der Waals surface area contributed by atoms with Crippen molar-refractivity contribution in [3.8, 4) is 0 Å². The van der Waals surface area contributed by atoms with Crippen LogP contribution in [0, 0.1) is 0 Å². The number of benzene rings is 1. The Balaban J connectivity index is 1.49. The highest BCUT2D eigenvalue weighted by atomic mass is 28.3. The normalized spacial score (nSPS) is 37.0. The smallest absolute Gasteiger partial charge is 0.163 e. The molecule has 4 rings (SSSR count). The van der Waals surface area contributed by atoms with E-state index in [9.17, 15) is 0 Å². The molecule has 3 heterocycles. The molecule has 5 atom stereocenters. The minimum Gasteiger partial charge on any atom is -0.370 e. The van der Waals surface area contributed by atoms with Crippen LogP contribution in [-0.4, -0.2) is 56.8 Å². The lowest BCUT2D eigenvalue weighted by atomic mass is 9.99. The molecule has 0 bridgehead atoms. The highest BCUT2D eigenvalue weighted by Gasteiger charge is 2.55. The molecule has 3 aliphatic heterocycles. The largest absolute Gasteiger partial charge is 0.370 e. The van der Waals surface area contributed by atoms with Crippen molar-refractivity contribution in [1.82, 2.24) is 0 Å². The van der Waals surface area contributed by atoms with Gasteiger partial charge in [-0.05, 0) is 33.7 Å². The van der Waals surface area contributed by atoms with Crippen molar-refractivity contribution >= 4 is 13.3 Å². The third-order valence-electron chi connectivity index (χ3n) is 6.08.